The largest absolute Gasteiger partial charge is 0.480 e. The molecule has 2 heterocycles. The Bertz CT molecular complexity index is 1850. The van der Waals surface area contributed by atoms with Gasteiger partial charge in [-0.1, -0.05) is 44.2 Å². The van der Waals surface area contributed by atoms with Gasteiger partial charge in [-0.25, -0.2) is 9.78 Å². The van der Waals surface area contributed by atoms with Gasteiger partial charge in [0.2, 0.25) is 5.91 Å². The molecule has 0 saturated carbocycles. The lowest BCUT2D eigenvalue weighted by Crippen LogP contribution is -2.36. The minimum absolute atomic E-state index is 0.0156. The van der Waals surface area contributed by atoms with Crippen LogP contribution >= 0.6 is 0 Å². The standard InChI is InChI=1S/C35H38N6O5/c1-21(2)19-41(33(43)23-10-6-5-7-11-23)28-13-8-12-25(22(28)3)27-20-39(4)34(44)32(38-27)37-26-18-24(31(36)42)15-16-29(26)40-17-9-14-30(40)35(45)46/h5-8,10-13,15-16,18,20-21,30H,9,14,17,19H2,1-4H3,(H2,36,42)(H,37,38)(H,45,46). The number of carboxylic acid groups (broad SMARTS) is 1. The van der Waals surface area contributed by atoms with Crippen LogP contribution in [-0.2, 0) is 11.8 Å². The Morgan fingerprint density at radius 1 is 1.07 bits per heavy atom. The van der Waals surface area contributed by atoms with E-state index in [4.69, 9.17) is 10.7 Å². The highest BCUT2D eigenvalue weighted by Crippen LogP contribution is 2.35. The van der Waals surface area contributed by atoms with Gasteiger partial charge in [0, 0.05) is 48.7 Å². The summed E-state index contributed by atoms with van der Waals surface area (Å²) in [5.41, 5.74) is 9.53. The van der Waals surface area contributed by atoms with Crippen molar-refractivity contribution in [3.05, 3.63) is 100.0 Å². The normalized spacial score (nSPS) is 14.4. The number of nitrogens with one attached hydrogen (secondary N) is 1. The van der Waals surface area contributed by atoms with Crippen molar-refractivity contribution in [2.45, 2.75) is 39.7 Å². The van der Waals surface area contributed by atoms with Gasteiger partial charge < -0.3 is 30.5 Å². The highest BCUT2D eigenvalue weighted by molar-refractivity contribution is 6.07. The molecule has 11 heteroatoms. The number of nitrogens with two attached hydrogens (primary N) is 1. The fourth-order valence-electron chi connectivity index (χ4n) is 5.88. The zero-order valence-electron chi connectivity index (χ0n) is 26.4. The third kappa shape index (κ3) is 6.49. The van der Waals surface area contributed by atoms with Crippen LogP contribution in [0.2, 0.25) is 0 Å². The van der Waals surface area contributed by atoms with Crippen molar-refractivity contribution >= 4 is 40.7 Å². The van der Waals surface area contributed by atoms with Gasteiger partial charge in [-0.3, -0.25) is 14.4 Å². The summed E-state index contributed by atoms with van der Waals surface area (Å²) in [6, 6.07) is 18.7. The molecule has 4 aromatic rings. The summed E-state index contributed by atoms with van der Waals surface area (Å²) in [4.78, 5) is 59.4. The van der Waals surface area contributed by atoms with E-state index in [-0.39, 0.29) is 23.2 Å². The van der Waals surface area contributed by atoms with Gasteiger partial charge in [-0.05, 0) is 67.6 Å². The fraction of sp³-hybridized carbons (Fsp3) is 0.286. The summed E-state index contributed by atoms with van der Waals surface area (Å²) in [6.07, 6.45) is 2.78. The molecule has 0 bridgehead atoms. The number of carboxylic acids is 1. The summed E-state index contributed by atoms with van der Waals surface area (Å²) < 4.78 is 1.41. The molecule has 11 nitrogen and oxygen atoms in total. The summed E-state index contributed by atoms with van der Waals surface area (Å²) in [7, 11) is 1.61. The van der Waals surface area contributed by atoms with E-state index in [1.807, 2.05) is 43.3 Å². The number of carbonyl (C=O) groups excluding carboxylic acids is 2. The molecule has 1 aromatic heterocycles. The van der Waals surface area contributed by atoms with Gasteiger partial charge in [-0.2, -0.15) is 0 Å². The smallest absolute Gasteiger partial charge is 0.326 e. The molecule has 2 amide bonds. The molecule has 46 heavy (non-hydrogen) atoms. The van der Waals surface area contributed by atoms with E-state index in [9.17, 15) is 24.3 Å². The van der Waals surface area contributed by atoms with Crippen LogP contribution in [0.25, 0.3) is 11.3 Å². The van der Waals surface area contributed by atoms with Gasteiger partial charge in [0.1, 0.15) is 6.04 Å². The number of amides is 2. The zero-order valence-corrected chi connectivity index (χ0v) is 26.4. The van der Waals surface area contributed by atoms with Crippen LogP contribution in [0.3, 0.4) is 0 Å². The van der Waals surface area contributed by atoms with Crippen LogP contribution in [0.15, 0.2) is 77.7 Å². The van der Waals surface area contributed by atoms with Gasteiger partial charge in [-0.15, -0.1) is 0 Å². The topological polar surface area (TPSA) is 151 Å². The molecule has 1 fully saturated rings. The quantitative estimate of drug-likeness (QED) is 0.225. The average molecular weight is 623 g/mol. The third-order valence-corrected chi connectivity index (χ3v) is 8.14. The number of hydrogen-bond donors (Lipinski definition) is 3. The summed E-state index contributed by atoms with van der Waals surface area (Å²) in [6.45, 7) is 7.02. The number of carbonyl (C=O) groups is 3. The number of nitrogens with zero attached hydrogens (tertiary/aromatic N) is 4. The van der Waals surface area contributed by atoms with Crippen LogP contribution in [0, 0.1) is 12.8 Å². The number of primary amides is 1. The maximum Gasteiger partial charge on any atom is 0.326 e. The number of anilines is 4. The Hall–Kier alpha value is -5.45. The van der Waals surface area contributed by atoms with Gasteiger partial charge in [0.25, 0.3) is 11.5 Å². The van der Waals surface area contributed by atoms with Crippen molar-refractivity contribution in [1.29, 1.82) is 0 Å². The molecule has 4 N–H and O–H groups in total. The first-order valence-corrected chi connectivity index (χ1v) is 15.2. The minimum atomic E-state index is -0.953. The maximum absolute atomic E-state index is 13.7. The Balaban J connectivity index is 1.58. The van der Waals surface area contributed by atoms with E-state index in [1.54, 1.807) is 41.2 Å². The predicted octanol–water partition coefficient (Wildman–Crippen LogP) is 4.95. The lowest BCUT2D eigenvalue weighted by molar-refractivity contribution is -0.138. The molecule has 238 valence electrons. The Morgan fingerprint density at radius 3 is 2.48 bits per heavy atom. The monoisotopic (exact) mass is 622 g/mol. The van der Waals surface area contributed by atoms with Crippen LogP contribution in [0.4, 0.5) is 22.9 Å². The highest BCUT2D eigenvalue weighted by Gasteiger charge is 2.32. The van der Waals surface area contributed by atoms with Gasteiger partial charge in [0.15, 0.2) is 5.82 Å². The second-order valence-electron chi connectivity index (χ2n) is 11.9. The first-order chi connectivity index (χ1) is 22.0. The van der Waals surface area contributed by atoms with Crippen molar-refractivity contribution in [3.63, 3.8) is 0 Å². The van der Waals surface area contributed by atoms with Crippen molar-refractivity contribution in [1.82, 2.24) is 9.55 Å². The Kier molecular flexibility index (Phi) is 9.22. The van der Waals surface area contributed by atoms with E-state index < -0.39 is 23.5 Å². The van der Waals surface area contributed by atoms with Crippen LogP contribution < -0.4 is 26.4 Å². The zero-order chi connectivity index (χ0) is 33.1. The Morgan fingerprint density at radius 2 is 1.80 bits per heavy atom. The molecule has 0 spiro atoms. The van der Waals surface area contributed by atoms with E-state index in [0.717, 1.165) is 16.8 Å². The molecule has 0 aliphatic carbocycles. The molecule has 1 aliphatic rings. The predicted molar refractivity (Wildman–Crippen MR) is 179 cm³/mol. The first-order valence-electron chi connectivity index (χ1n) is 15.2. The van der Waals surface area contributed by atoms with Gasteiger partial charge >= 0.3 is 5.97 Å². The molecule has 1 atom stereocenters. The molecular formula is C35H38N6O5. The van der Waals surface area contributed by atoms with E-state index >= 15 is 0 Å². The highest BCUT2D eigenvalue weighted by atomic mass is 16.4. The van der Waals surface area contributed by atoms with Crippen molar-refractivity contribution < 1.29 is 19.5 Å². The summed E-state index contributed by atoms with van der Waals surface area (Å²) >= 11 is 0. The van der Waals surface area contributed by atoms with Crippen molar-refractivity contribution in [2.24, 2.45) is 18.7 Å². The number of aromatic nitrogens is 2. The van der Waals surface area contributed by atoms with Crippen LogP contribution in [-0.4, -0.2) is 51.6 Å². The first kappa shape index (κ1) is 32.0. The van der Waals surface area contributed by atoms with Crippen LogP contribution in [0.1, 0.15) is 53.0 Å². The van der Waals surface area contributed by atoms with Crippen molar-refractivity contribution in [2.75, 3.05) is 28.2 Å². The van der Waals surface area contributed by atoms with E-state index in [1.165, 1.54) is 16.7 Å². The number of rotatable bonds is 10. The molecular weight excluding hydrogens is 584 g/mol. The second-order valence-corrected chi connectivity index (χ2v) is 11.9. The molecule has 1 saturated heterocycles. The SMILES string of the molecule is Cc1c(-c2cn(C)c(=O)c(Nc3cc(C(N)=O)ccc3N3CCCC3C(=O)O)n2)cccc1N(CC(C)C)C(=O)c1ccccc1. The molecule has 5 rings (SSSR count). The lowest BCUT2D eigenvalue weighted by atomic mass is 10.0. The van der Waals surface area contributed by atoms with Crippen LogP contribution in [0.5, 0.6) is 0 Å². The molecule has 1 aliphatic heterocycles. The number of aliphatic carboxylic acids is 1. The molecule has 1 unspecified atom stereocenters. The molecule has 3 aromatic carbocycles. The number of hydrogen-bond acceptors (Lipinski definition) is 7. The average Bonchev–Trinajstić information content (AvgIpc) is 3.52. The maximum atomic E-state index is 13.7. The summed E-state index contributed by atoms with van der Waals surface area (Å²) in [5.74, 6) is -1.55. The third-order valence-electron chi connectivity index (χ3n) is 8.14. The fourth-order valence-corrected chi connectivity index (χ4v) is 5.88. The van der Waals surface area contributed by atoms with Gasteiger partial charge in [0.05, 0.1) is 17.1 Å². The number of aryl methyl sites for hydroxylation is 1. The van der Waals surface area contributed by atoms with E-state index in [2.05, 4.69) is 19.2 Å². The van der Waals surface area contributed by atoms with Crippen molar-refractivity contribution in [3.8, 4) is 11.3 Å². The lowest BCUT2D eigenvalue weighted by Gasteiger charge is -2.27. The molecule has 0 radical (unpaired) electrons. The van der Waals surface area contributed by atoms with E-state index in [0.29, 0.717) is 48.6 Å². The second kappa shape index (κ2) is 13.3. The Labute approximate surface area is 267 Å². The summed E-state index contributed by atoms with van der Waals surface area (Å²) in [5, 5.41) is 12.9. The minimum Gasteiger partial charge on any atom is -0.480 e. The number of benzene rings is 3.